The molecule has 3 aliphatic carbocycles. The lowest BCUT2D eigenvalue weighted by Crippen LogP contribution is -2.43. The molecule has 0 N–H and O–H groups in total. The van der Waals surface area contributed by atoms with Gasteiger partial charge in [0.2, 0.25) is 0 Å². The van der Waals surface area contributed by atoms with E-state index in [1.807, 2.05) is 140 Å². The number of fused-ring (bicyclic) bond motifs is 20. The largest absolute Gasteiger partial charge is 0.456 e. The van der Waals surface area contributed by atoms with Crippen LogP contribution >= 0.6 is 0 Å². The molecule has 25 rings (SSSR count). The Bertz CT molecular complexity index is 8290. The zero-order chi connectivity index (χ0) is 92.7. The molecule has 5 heterocycles. The van der Waals surface area contributed by atoms with E-state index in [2.05, 4.69) is 343 Å². The Hall–Kier alpha value is -16.0. The summed E-state index contributed by atoms with van der Waals surface area (Å²) in [5.74, 6) is 3.93. The number of hydrogen-bond donors (Lipinski definition) is 0. The second-order valence-corrected chi connectivity index (χ2v) is 39.7. The average molecular weight is 1760 g/mol. The van der Waals surface area contributed by atoms with Crippen molar-refractivity contribution in [3.05, 3.63) is 428 Å². The van der Waals surface area contributed by atoms with E-state index in [1.165, 1.54) is 99.6 Å². The van der Waals surface area contributed by atoms with Crippen LogP contribution in [-0.2, 0) is 32.5 Å². The molecule has 22 aromatic rings. The minimum absolute atomic E-state index is 0.0924. The minimum Gasteiger partial charge on any atom is -0.456 e. The Kier molecular flexibility index (Phi) is 20.1. The molecule has 3 aliphatic rings. The van der Waals surface area contributed by atoms with Gasteiger partial charge in [-0.25, -0.2) is 29.9 Å². The molecule has 0 atom stereocenters. The van der Waals surface area contributed by atoms with Gasteiger partial charge in [-0.05, 0) is 207 Å². The fraction of sp³-hybridized carbons (Fsp3) is 0.143. The molecule has 5 aromatic heterocycles. The molecule has 0 bridgehead atoms. The van der Waals surface area contributed by atoms with Crippen LogP contribution in [0.25, 0.3) is 190 Å². The first-order valence-corrected chi connectivity index (χ1v) is 47.1. The lowest BCUT2D eigenvalue weighted by Gasteiger charge is -2.48. The SMILES string of the molecule is CC1(C)c2cc(-c3ccc(-c4nc(-c5ccccc5)nc(-c5ccccc5)n4)cc3)ccc2-c2c(ccc3c2oc2ccccc23)C1(C)C.CC1(C)c2cc(-c3cccc(-c4nc(-c5ccccc5)nc(-c5ccccc5)n4)c3)ccc2-c2c(ccc3oc4ccccc4c23)C1(C)C.CC1(C)c2cc(N(c3ccccc3)c3ccccc3)ccc2-c2cc3oc4ccccc4c3cc2C1(C)C. The first-order chi connectivity index (χ1) is 65.9. The molecule has 0 unspecified atom stereocenters. The van der Waals surface area contributed by atoms with E-state index in [1.54, 1.807) is 0 Å². The van der Waals surface area contributed by atoms with Gasteiger partial charge in [-0.2, -0.15) is 0 Å². The van der Waals surface area contributed by atoms with Gasteiger partial charge in [-0.15, -0.1) is 0 Å². The standard InChI is InChI=1S/2C45H35N3O.C36H31NO/c1-44(2)35-24-25-38-40(34-20-11-12-21-37(34)49-38)39(35)33-23-22-31(27-36(33)45(44,3)4)30-18-13-19-32(26-30)43-47-41(28-14-7-5-8-15-28)46-42(48-43)29-16-9-6-10-17-29;1-44(2)36-26-25-34-33-17-11-12-18-38(33)49-40(34)39(36)35-24-23-32(27-37(35)45(44,3)4)28-19-21-31(22-20-28)43-47-41(29-13-7-5-8-14-29)46-42(48-43)30-15-9-6-10-16-30;1-35(2)31-21-26(37(24-13-7-5-8-14-24)25-15-9-6-10-16-25)19-20-27(31)29-23-34-30(22-32(29)36(35,3)4)28-17-11-12-18-33(28)38-34/h2*5-27H,1-4H3;5-23H,1-4H3. The van der Waals surface area contributed by atoms with Crippen LogP contribution < -0.4 is 4.90 Å². The fourth-order valence-electron chi connectivity index (χ4n) is 21.2. The van der Waals surface area contributed by atoms with E-state index in [9.17, 15) is 0 Å². The molecule has 10 heteroatoms. The third-order valence-corrected chi connectivity index (χ3v) is 30.8. The zero-order valence-corrected chi connectivity index (χ0v) is 78.4. The summed E-state index contributed by atoms with van der Waals surface area (Å²) in [6.45, 7) is 28.6. The maximum atomic E-state index is 6.60. The second kappa shape index (κ2) is 32.4. The molecule has 10 nitrogen and oxygen atoms in total. The number of para-hydroxylation sites is 5. The van der Waals surface area contributed by atoms with Crippen LogP contribution in [0.1, 0.15) is 116 Å². The Morgan fingerprint density at radius 3 is 1.03 bits per heavy atom. The molecule has 17 aromatic carbocycles. The van der Waals surface area contributed by atoms with E-state index in [0.29, 0.717) is 34.9 Å². The molecule has 0 amide bonds. The highest BCUT2D eigenvalue weighted by Gasteiger charge is 2.50. The molecule has 0 saturated heterocycles. The predicted molar refractivity (Wildman–Crippen MR) is 561 cm³/mol. The van der Waals surface area contributed by atoms with E-state index in [4.69, 9.17) is 43.2 Å². The molecule has 658 valence electrons. The van der Waals surface area contributed by atoms with Gasteiger partial charge in [0, 0.05) is 88.3 Å². The quantitative estimate of drug-likeness (QED) is 0.124. The van der Waals surface area contributed by atoms with Crippen molar-refractivity contribution in [1.82, 2.24) is 29.9 Å². The summed E-state index contributed by atoms with van der Waals surface area (Å²) in [7, 11) is 0. The number of benzene rings is 17. The average Bonchev–Trinajstić information content (AvgIpc) is 1.32. The third-order valence-electron chi connectivity index (χ3n) is 30.8. The van der Waals surface area contributed by atoms with Crippen molar-refractivity contribution in [2.45, 2.75) is 116 Å². The lowest BCUT2D eigenvalue weighted by molar-refractivity contribution is 0.299. The number of anilines is 3. The van der Waals surface area contributed by atoms with Gasteiger partial charge >= 0.3 is 0 Å². The van der Waals surface area contributed by atoms with Crippen LogP contribution in [0.3, 0.4) is 0 Å². The van der Waals surface area contributed by atoms with Crippen LogP contribution in [0.4, 0.5) is 17.1 Å². The lowest BCUT2D eigenvalue weighted by atomic mass is 9.55. The van der Waals surface area contributed by atoms with Crippen molar-refractivity contribution in [2.24, 2.45) is 0 Å². The summed E-state index contributed by atoms with van der Waals surface area (Å²) < 4.78 is 19.3. The molecule has 136 heavy (non-hydrogen) atoms. The number of nitrogens with zero attached hydrogens (tertiary/aromatic N) is 7. The molecule has 0 spiro atoms. The summed E-state index contributed by atoms with van der Waals surface area (Å²) in [5.41, 5.74) is 34.4. The van der Waals surface area contributed by atoms with Gasteiger partial charge in [-0.3, -0.25) is 0 Å². The van der Waals surface area contributed by atoms with Gasteiger partial charge in [0.05, 0.1) is 0 Å². The Morgan fingerprint density at radius 1 is 0.184 bits per heavy atom. The van der Waals surface area contributed by atoms with Crippen molar-refractivity contribution >= 4 is 82.9 Å². The van der Waals surface area contributed by atoms with Crippen molar-refractivity contribution < 1.29 is 13.3 Å². The number of furan rings is 3. The van der Waals surface area contributed by atoms with Crippen LogP contribution in [0, 0.1) is 0 Å². The van der Waals surface area contributed by atoms with Crippen LogP contribution in [-0.4, -0.2) is 29.9 Å². The highest BCUT2D eigenvalue weighted by atomic mass is 16.3. The molecular weight excluding hydrogens is 1660 g/mol. The summed E-state index contributed by atoms with van der Waals surface area (Å²) in [4.78, 5) is 31.9. The molecule has 0 saturated carbocycles. The van der Waals surface area contributed by atoms with Crippen LogP contribution in [0.15, 0.2) is 408 Å². The van der Waals surface area contributed by atoms with Gasteiger partial charge in [0.15, 0.2) is 34.9 Å². The van der Waals surface area contributed by atoms with Crippen molar-refractivity contribution in [3.8, 4) is 124 Å². The Morgan fingerprint density at radius 2 is 0.522 bits per heavy atom. The smallest absolute Gasteiger partial charge is 0.164 e. The Labute approximate surface area is 792 Å². The number of rotatable bonds is 11. The molecule has 0 aliphatic heterocycles. The topological polar surface area (TPSA) is 120 Å². The van der Waals surface area contributed by atoms with E-state index in [0.717, 1.165) is 106 Å². The number of hydrogen-bond acceptors (Lipinski definition) is 10. The minimum atomic E-state index is -0.139. The maximum Gasteiger partial charge on any atom is 0.164 e. The first kappa shape index (κ1) is 84.2. The molecule has 0 radical (unpaired) electrons. The van der Waals surface area contributed by atoms with Crippen LogP contribution in [0.2, 0.25) is 0 Å². The first-order valence-electron chi connectivity index (χ1n) is 47.1. The van der Waals surface area contributed by atoms with Gasteiger partial charge in [0.25, 0.3) is 0 Å². The highest BCUT2D eigenvalue weighted by molar-refractivity contribution is 6.15. The summed E-state index contributed by atoms with van der Waals surface area (Å²) >= 11 is 0. The van der Waals surface area contributed by atoms with Crippen LogP contribution in [0.5, 0.6) is 0 Å². The second-order valence-electron chi connectivity index (χ2n) is 39.7. The summed E-state index contributed by atoms with van der Waals surface area (Å²) in [6, 6.07) is 138. The van der Waals surface area contributed by atoms with E-state index >= 15 is 0 Å². The van der Waals surface area contributed by atoms with E-state index < -0.39 is 0 Å². The van der Waals surface area contributed by atoms with Crippen molar-refractivity contribution in [3.63, 3.8) is 0 Å². The normalized spacial score (nSPS) is 14.7. The fourth-order valence-corrected chi connectivity index (χ4v) is 21.2. The van der Waals surface area contributed by atoms with Gasteiger partial charge in [0.1, 0.15) is 33.5 Å². The monoisotopic (exact) mass is 1760 g/mol. The molecular formula is C126H101N7O3. The highest BCUT2D eigenvalue weighted by Crippen LogP contribution is 2.61. The van der Waals surface area contributed by atoms with Crippen molar-refractivity contribution in [2.75, 3.05) is 4.90 Å². The summed E-state index contributed by atoms with van der Waals surface area (Å²) in [5, 5.41) is 7.07. The zero-order valence-electron chi connectivity index (χ0n) is 78.4. The van der Waals surface area contributed by atoms with Crippen molar-refractivity contribution in [1.29, 1.82) is 0 Å². The number of aromatic nitrogens is 6. The maximum absolute atomic E-state index is 6.60. The Balaban J connectivity index is 0.000000116. The summed E-state index contributed by atoms with van der Waals surface area (Å²) in [6.07, 6.45) is 0. The predicted octanol–water partition coefficient (Wildman–Crippen LogP) is 33.6. The molecule has 0 fully saturated rings. The van der Waals surface area contributed by atoms with E-state index in [-0.39, 0.29) is 32.5 Å². The third kappa shape index (κ3) is 13.9. The van der Waals surface area contributed by atoms with Gasteiger partial charge in [-0.1, -0.05) is 386 Å². The van der Waals surface area contributed by atoms with Gasteiger partial charge < -0.3 is 18.2 Å².